The first-order valence-corrected chi connectivity index (χ1v) is 12.4. The van der Waals surface area contributed by atoms with Crippen LogP contribution in [0.5, 0.6) is 11.5 Å². The summed E-state index contributed by atoms with van der Waals surface area (Å²) in [5.74, 6) is -1.40. The molecule has 2 amide bonds. The number of hydrogen-bond donors (Lipinski definition) is 3. The second-order valence-corrected chi connectivity index (χ2v) is 9.61. The van der Waals surface area contributed by atoms with Gasteiger partial charge in [-0.2, -0.15) is 18.3 Å². The van der Waals surface area contributed by atoms with Gasteiger partial charge in [-0.1, -0.05) is 0 Å². The predicted octanol–water partition coefficient (Wildman–Crippen LogP) is 3.14. The van der Waals surface area contributed by atoms with Crippen LogP contribution in [0.3, 0.4) is 0 Å². The lowest BCUT2D eigenvalue weighted by atomic mass is 9.95. The highest BCUT2D eigenvalue weighted by molar-refractivity contribution is 9.10. The maximum absolute atomic E-state index is 14.2. The number of fused-ring (bicyclic) bond motifs is 1. The molecule has 0 bridgehead atoms. The van der Waals surface area contributed by atoms with E-state index in [1.165, 1.54) is 19.2 Å². The third kappa shape index (κ3) is 5.41. The number of primary amides is 1. The van der Waals surface area contributed by atoms with Gasteiger partial charge in [0.05, 0.1) is 38.4 Å². The second-order valence-electron chi connectivity index (χ2n) is 8.86. The van der Waals surface area contributed by atoms with Crippen molar-refractivity contribution in [2.75, 3.05) is 20.3 Å². The van der Waals surface area contributed by atoms with E-state index in [1.807, 2.05) is 0 Å². The maximum atomic E-state index is 14.2. The lowest BCUT2D eigenvalue weighted by molar-refractivity contribution is -0.265. The number of amides is 2. The van der Waals surface area contributed by atoms with Crippen molar-refractivity contribution in [2.45, 2.75) is 44.0 Å². The highest BCUT2D eigenvalue weighted by Gasteiger charge is 2.56. The van der Waals surface area contributed by atoms with Gasteiger partial charge in [0.2, 0.25) is 11.5 Å². The van der Waals surface area contributed by atoms with Crippen LogP contribution in [0, 0.1) is 0 Å². The largest absolute Gasteiger partial charge is 0.494 e. The van der Waals surface area contributed by atoms with E-state index in [-0.39, 0.29) is 39.9 Å². The van der Waals surface area contributed by atoms with Crippen LogP contribution in [-0.4, -0.2) is 58.1 Å². The Labute approximate surface area is 223 Å². The number of benzene rings is 1. The Morgan fingerprint density at radius 1 is 1.29 bits per heavy atom. The molecule has 3 aromatic rings. The summed E-state index contributed by atoms with van der Waals surface area (Å²) in [6.07, 6.45) is -2.00. The molecule has 204 valence electrons. The van der Waals surface area contributed by atoms with Crippen molar-refractivity contribution >= 4 is 38.6 Å². The number of nitrogens with one attached hydrogen (secondary N) is 1. The highest BCUT2D eigenvalue weighted by atomic mass is 79.9. The van der Waals surface area contributed by atoms with Gasteiger partial charge in [-0.25, -0.2) is 4.98 Å². The number of aromatic nitrogens is 3. The minimum Gasteiger partial charge on any atom is -0.494 e. The number of nitrogens with two attached hydrogens (primary N) is 1. The number of carbonyl (C=O) groups excluding carboxylic acids is 2. The number of carbonyl (C=O) groups is 2. The number of ether oxygens (including phenoxy) is 2. The van der Waals surface area contributed by atoms with E-state index in [2.05, 4.69) is 31.3 Å². The average molecular weight is 600 g/mol. The number of nitrogens with zero attached hydrogens (tertiary/aromatic N) is 3. The van der Waals surface area contributed by atoms with Crippen LogP contribution in [0.4, 0.5) is 13.2 Å². The molecule has 1 fully saturated rings. The first-order chi connectivity index (χ1) is 17.9. The number of rotatable bonds is 10. The second kappa shape index (κ2) is 10.4. The van der Waals surface area contributed by atoms with Crippen LogP contribution in [0.2, 0.25) is 0 Å². The van der Waals surface area contributed by atoms with Crippen molar-refractivity contribution < 1.29 is 37.3 Å². The van der Waals surface area contributed by atoms with Gasteiger partial charge >= 0.3 is 6.18 Å². The Kier molecular flexibility index (Phi) is 7.57. The van der Waals surface area contributed by atoms with E-state index in [9.17, 15) is 27.9 Å². The number of aliphatic hydroxyl groups is 1. The smallest absolute Gasteiger partial charge is 0.424 e. The van der Waals surface area contributed by atoms with Crippen LogP contribution in [0.15, 0.2) is 29.0 Å². The van der Waals surface area contributed by atoms with Crippen molar-refractivity contribution in [3.63, 3.8) is 0 Å². The molecular weight excluding hydrogens is 575 g/mol. The van der Waals surface area contributed by atoms with E-state index in [4.69, 9.17) is 15.2 Å². The quantitative estimate of drug-likeness (QED) is 0.304. The SMILES string of the molecule is CCOc1c(CC(N)=O)cc(C(O)(CNC(=O)c2cc(OC)c3nn(C4CC4)cc3c2)C(F)(F)F)nc1Br. The lowest BCUT2D eigenvalue weighted by Crippen LogP contribution is -2.51. The molecular formula is C24H25BrF3N5O5. The van der Waals surface area contributed by atoms with E-state index in [0.717, 1.165) is 18.9 Å². The number of pyridine rings is 1. The van der Waals surface area contributed by atoms with Gasteiger partial charge in [0.15, 0.2) is 5.75 Å². The minimum atomic E-state index is -5.25. The van der Waals surface area contributed by atoms with Crippen LogP contribution in [-0.2, 0) is 16.8 Å². The fraction of sp³-hybridized carbons (Fsp3) is 0.417. The van der Waals surface area contributed by atoms with E-state index < -0.39 is 42.3 Å². The molecule has 10 nitrogen and oxygen atoms in total. The monoisotopic (exact) mass is 599 g/mol. The fourth-order valence-corrected chi connectivity index (χ4v) is 4.52. The summed E-state index contributed by atoms with van der Waals surface area (Å²) in [5, 5.41) is 18.1. The Hall–Kier alpha value is -3.39. The Morgan fingerprint density at radius 3 is 2.58 bits per heavy atom. The average Bonchev–Trinajstić information content (AvgIpc) is 3.61. The normalized spacial score (nSPS) is 15.2. The van der Waals surface area contributed by atoms with Gasteiger partial charge in [0.25, 0.3) is 5.91 Å². The van der Waals surface area contributed by atoms with Gasteiger partial charge in [-0.15, -0.1) is 0 Å². The third-order valence-corrected chi connectivity index (χ3v) is 6.59. The lowest BCUT2D eigenvalue weighted by Gasteiger charge is -2.31. The van der Waals surface area contributed by atoms with Crippen molar-refractivity contribution in [1.82, 2.24) is 20.1 Å². The summed E-state index contributed by atoms with van der Waals surface area (Å²) in [4.78, 5) is 28.3. The summed E-state index contributed by atoms with van der Waals surface area (Å²) in [5.41, 5.74) is 1.32. The van der Waals surface area contributed by atoms with Gasteiger partial charge in [0.1, 0.15) is 15.9 Å². The van der Waals surface area contributed by atoms with Crippen LogP contribution in [0.25, 0.3) is 10.9 Å². The molecule has 1 aromatic carbocycles. The predicted molar refractivity (Wildman–Crippen MR) is 133 cm³/mol. The fourth-order valence-electron chi connectivity index (χ4n) is 3.96. The molecule has 38 heavy (non-hydrogen) atoms. The standard InChI is InChI=1S/C24H25BrF3N5O5/c1-3-38-20-12(9-18(29)34)8-17(31-21(20)25)23(36,24(26,27)28)11-30-22(35)13-6-14-10-33(15-4-5-15)32-19(14)16(7-13)37-2/h6-8,10,15,36H,3-5,9,11H2,1-2H3,(H2,29,34)(H,30,35). The molecule has 14 heteroatoms. The number of hydrogen-bond acceptors (Lipinski definition) is 7. The van der Waals surface area contributed by atoms with E-state index in [1.54, 1.807) is 17.8 Å². The number of alkyl halides is 3. The Balaban J connectivity index is 1.66. The van der Waals surface area contributed by atoms with Gasteiger partial charge in [-0.3, -0.25) is 14.3 Å². The zero-order valence-corrected chi connectivity index (χ0v) is 22.0. The molecule has 0 saturated heterocycles. The molecule has 1 unspecified atom stereocenters. The van der Waals surface area contributed by atoms with Crippen molar-refractivity contribution in [3.8, 4) is 11.5 Å². The maximum Gasteiger partial charge on any atom is 0.424 e. The number of halogens is 4. The molecule has 2 heterocycles. The van der Waals surface area contributed by atoms with Crippen LogP contribution < -0.4 is 20.5 Å². The molecule has 0 spiro atoms. The third-order valence-electron chi connectivity index (χ3n) is 6.05. The van der Waals surface area contributed by atoms with Gasteiger partial charge < -0.3 is 25.6 Å². The van der Waals surface area contributed by atoms with Crippen LogP contribution in [0.1, 0.15) is 47.4 Å². The summed E-state index contributed by atoms with van der Waals surface area (Å²) in [7, 11) is 1.40. The molecule has 1 saturated carbocycles. The molecule has 1 atom stereocenters. The molecule has 1 aliphatic rings. The highest BCUT2D eigenvalue weighted by Crippen LogP contribution is 2.41. The minimum absolute atomic E-state index is 0.00640. The summed E-state index contributed by atoms with van der Waals surface area (Å²) in [6.45, 7) is 0.512. The molecule has 1 aliphatic carbocycles. The van der Waals surface area contributed by atoms with Crippen LogP contribution >= 0.6 is 15.9 Å². The molecule has 0 radical (unpaired) electrons. The molecule has 4 N–H and O–H groups in total. The Bertz CT molecular complexity index is 1390. The van der Waals surface area contributed by atoms with Gasteiger partial charge in [0, 0.05) is 22.7 Å². The first-order valence-electron chi connectivity index (χ1n) is 11.6. The first kappa shape index (κ1) is 27.6. The van der Waals surface area contributed by atoms with Gasteiger partial charge in [-0.05, 0) is 53.9 Å². The van der Waals surface area contributed by atoms with Crippen molar-refractivity contribution in [1.29, 1.82) is 0 Å². The van der Waals surface area contributed by atoms with E-state index in [0.29, 0.717) is 10.9 Å². The Morgan fingerprint density at radius 2 is 2.00 bits per heavy atom. The summed E-state index contributed by atoms with van der Waals surface area (Å²) >= 11 is 3.04. The zero-order valence-electron chi connectivity index (χ0n) is 20.4. The van der Waals surface area contributed by atoms with Crippen molar-refractivity contribution in [3.05, 3.63) is 45.8 Å². The topological polar surface area (TPSA) is 142 Å². The summed E-state index contributed by atoms with van der Waals surface area (Å²) < 4.78 is 55.0. The summed E-state index contributed by atoms with van der Waals surface area (Å²) in [6, 6.07) is 4.02. The molecule has 2 aromatic heterocycles. The zero-order chi connectivity index (χ0) is 27.8. The number of methoxy groups -OCH3 is 1. The molecule has 0 aliphatic heterocycles. The molecule has 4 rings (SSSR count). The van der Waals surface area contributed by atoms with E-state index >= 15 is 0 Å². The van der Waals surface area contributed by atoms with Crippen molar-refractivity contribution in [2.24, 2.45) is 5.73 Å².